The maximum Gasteiger partial charge on any atom is 0.219 e. The summed E-state index contributed by atoms with van der Waals surface area (Å²) in [7, 11) is 2.02. The Morgan fingerprint density at radius 1 is 1.39 bits per heavy atom. The molecular weight excluding hydrogens is 292 g/mol. The van der Waals surface area contributed by atoms with E-state index in [1.54, 1.807) is 19.2 Å². The van der Waals surface area contributed by atoms with Gasteiger partial charge >= 0.3 is 0 Å². The Bertz CT molecular complexity index is 430. The van der Waals surface area contributed by atoms with Gasteiger partial charge in [-0.3, -0.25) is 9.79 Å². The van der Waals surface area contributed by atoms with Crippen LogP contribution in [0.1, 0.15) is 13.8 Å². The molecule has 2 N–H and O–H groups in total. The monoisotopic (exact) mass is 322 g/mol. The third kappa shape index (κ3) is 11.3. The fourth-order valence-electron chi connectivity index (χ4n) is 1.96. The molecule has 0 spiro atoms. The number of amides is 1. The van der Waals surface area contributed by atoms with Gasteiger partial charge in [-0.25, -0.2) is 0 Å². The summed E-state index contributed by atoms with van der Waals surface area (Å²) in [6.07, 6.45) is 8.67. The number of allylic oxidation sites excluding steroid dienone is 2. The van der Waals surface area contributed by atoms with Crippen LogP contribution in [0.4, 0.5) is 0 Å². The van der Waals surface area contributed by atoms with Crippen molar-refractivity contribution in [1.29, 1.82) is 0 Å². The predicted octanol–water partition coefficient (Wildman–Crippen LogP) is 1.42. The number of carbonyl (C=O) groups excluding carboxylic acids is 1. The summed E-state index contributed by atoms with van der Waals surface area (Å²) in [4.78, 5) is 19.1. The molecule has 0 aliphatic rings. The molecule has 0 unspecified atom stereocenters. The Hall–Kier alpha value is -1.92. The van der Waals surface area contributed by atoms with Crippen molar-refractivity contribution in [3.05, 3.63) is 36.2 Å². The molecule has 0 aromatic carbocycles. The number of hydrogen-bond acceptors (Lipinski definition) is 5. The van der Waals surface area contributed by atoms with E-state index >= 15 is 0 Å². The van der Waals surface area contributed by atoms with E-state index in [4.69, 9.17) is 10.5 Å². The van der Waals surface area contributed by atoms with E-state index in [1.165, 1.54) is 6.20 Å². The van der Waals surface area contributed by atoms with Crippen LogP contribution in [0.2, 0.25) is 0 Å². The van der Waals surface area contributed by atoms with E-state index in [9.17, 15) is 4.79 Å². The highest BCUT2D eigenvalue weighted by Gasteiger charge is 2.08. The minimum Gasteiger partial charge on any atom is -0.405 e. The molecule has 0 saturated carbocycles. The maximum absolute atomic E-state index is 11.4. The number of likely N-dealkylation sites (N-methyl/N-ethyl adjacent to an activating group) is 2. The zero-order valence-corrected chi connectivity index (χ0v) is 14.6. The standard InChI is InChI=1S/C17H30N4O2/c1-5-21(16(2)22)12-11-20(4)14-17(8-6-10-19-3)15-23-13-7-9-18/h6-10H,3,5,11-15,18H2,1-2,4H3/b9-7+,10-6-,17-8-. The summed E-state index contributed by atoms with van der Waals surface area (Å²) in [5.74, 6) is 0.105. The van der Waals surface area contributed by atoms with E-state index in [0.29, 0.717) is 13.2 Å². The highest BCUT2D eigenvalue weighted by molar-refractivity contribution is 5.73. The van der Waals surface area contributed by atoms with Gasteiger partial charge in [0.2, 0.25) is 5.91 Å². The first-order valence-electron chi connectivity index (χ1n) is 7.74. The van der Waals surface area contributed by atoms with Crippen LogP contribution in [0.3, 0.4) is 0 Å². The van der Waals surface area contributed by atoms with Gasteiger partial charge in [-0.1, -0.05) is 6.08 Å². The van der Waals surface area contributed by atoms with Crippen LogP contribution >= 0.6 is 0 Å². The SMILES string of the molecule is C=N/C=C\C=C(/COC/C=C/N)CN(C)CCN(CC)C(C)=O. The number of nitrogens with zero attached hydrogens (tertiary/aromatic N) is 3. The van der Waals surface area contributed by atoms with Gasteiger partial charge in [0.15, 0.2) is 0 Å². The van der Waals surface area contributed by atoms with Gasteiger partial charge < -0.3 is 20.3 Å². The average Bonchev–Trinajstić information content (AvgIpc) is 2.51. The quantitative estimate of drug-likeness (QED) is 0.335. The van der Waals surface area contributed by atoms with E-state index < -0.39 is 0 Å². The molecule has 0 heterocycles. The molecular formula is C17H30N4O2. The lowest BCUT2D eigenvalue weighted by Gasteiger charge is -2.24. The molecule has 0 aromatic heterocycles. The lowest BCUT2D eigenvalue weighted by molar-refractivity contribution is -0.128. The van der Waals surface area contributed by atoms with Crippen LogP contribution in [-0.4, -0.2) is 68.9 Å². The van der Waals surface area contributed by atoms with Crippen LogP contribution in [0.25, 0.3) is 0 Å². The van der Waals surface area contributed by atoms with Crippen LogP contribution in [0.5, 0.6) is 0 Å². The maximum atomic E-state index is 11.4. The third-order valence-electron chi connectivity index (χ3n) is 3.21. The van der Waals surface area contributed by atoms with Gasteiger partial charge in [0, 0.05) is 39.3 Å². The summed E-state index contributed by atoms with van der Waals surface area (Å²) < 4.78 is 5.55. The van der Waals surface area contributed by atoms with Gasteiger partial charge in [0.1, 0.15) is 0 Å². The van der Waals surface area contributed by atoms with Gasteiger partial charge in [-0.15, -0.1) is 0 Å². The number of hydrogen-bond donors (Lipinski definition) is 1. The Morgan fingerprint density at radius 2 is 2.13 bits per heavy atom. The fraction of sp³-hybridized carbons (Fsp3) is 0.529. The molecule has 0 aliphatic carbocycles. The smallest absolute Gasteiger partial charge is 0.219 e. The van der Waals surface area contributed by atoms with Crippen molar-refractivity contribution in [1.82, 2.24) is 9.80 Å². The molecule has 0 aliphatic heterocycles. The van der Waals surface area contributed by atoms with Crippen molar-refractivity contribution in [2.24, 2.45) is 10.7 Å². The summed E-state index contributed by atoms with van der Waals surface area (Å²) >= 11 is 0. The third-order valence-corrected chi connectivity index (χ3v) is 3.21. The molecule has 23 heavy (non-hydrogen) atoms. The van der Waals surface area contributed by atoms with Crippen LogP contribution in [0.15, 0.2) is 41.2 Å². The second-order valence-corrected chi connectivity index (χ2v) is 5.13. The van der Waals surface area contributed by atoms with Crippen molar-refractivity contribution in [2.45, 2.75) is 13.8 Å². The highest BCUT2D eigenvalue weighted by atomic mass is 16.5. The molecule has 0 radical (unpaired) electrons. The van der Waals surface area contributed by atoms with Crippen molar-refractivity contribution in [2.75, 3.05) is 46.4 Å². The first kappa shape index (κ1) is 21.1. The topological polar surface area (TPSA) is 71.2 Å². The molecule has 6 heteroatoms. The first-order valence-corrected chi connectivity index (χ1v) is 7.74. The lowest BCUT2D eigenvalue weighted by Crippen LogP contribution is -2.36. The molecule has 0 bridgehead atoms. The number of nitrogens with two attached hydrogens (primary N) is 1. The van der Waals surface area contributed by atoms with Crippen LogP contribution in [0, 0.1) is 0 Å². The van der Waals surface area contributed by atoms with Crippen LogP contribution < -0.4 is 5.73 Å². The molecule has 0 aromatic rings. The summed E-state index contributed by atoms with van der Waals surface area (Å²) in [6.45, 7) is 11.0. The molecule has 1 amide bonds. The van der Waals surface area contributed by atoms with E-state index in [2.05, 4.69) is 16.6 Å². The molecule has 6 nitrogen and oxygen atoms in total. The molecule has 0 saturated heterocycles. The van der Waals surface area contributed by atoms with E-state index in [0.717, 1.165) is 31.8 Å². The molecule has 0 rings (SSSR count). The minimum atomic E-state index is 0.105. The molecule has 0 fully saturated rings. The van der Waals surface area contributed by atoms with Crippen molar-refractivity contribution in [3.63, 3.8) is 0 Å². The predicted molar refractivity (Wildman–Crippen MR) is 96.3 cm³/mol. The van der Waals surface area contributed by atoms with E-state index in [1.807, 2.05) is 31.0 Å². The molecule has 0 atom stereocenters. The molecule has 130 valence electrons. The lowest BCUT2D eigenvalue weighted by atomic mass is 10.2. The summed E-state index contributed by atoms with van der Waals surface area (Å²) in [6, 6.07) is 0. The van der Waals surface area contributed by atoms with Crippen molar-refractivity contribution < 1.29 is 9.53 Å². The Kier molecular flexibility index (Phi) is 12.6. The van der Waals surface area contributed by atoms with Crippen molar-refractivity contribution in [3.8, 4) is 0 Å². The highest BCUT2D eigenvalue weighted by Crippen LogP contribution is 2.01. The number of rotatable bonds is 12. The van der Waals surface area contributed by atoms with Crippen LogP contribution in [-0.2, 0) is 9.53 Å². The van der Waals surface area contributed by atoms with Gasteiger partial charge in [0.25, 0.3) is 0 Å². The van der Waals surface area contributed by atoms with Gasteiger partial charge in [0.05, 0.1) is 13.2 Å². The number of aliphatic imine (C=N–C) groups is 1. The number of ether oxygens (including phenoxy) is 1. The Labute approximate surface area is 140 Å². The average molecular weight is 322 g/mol. The normalized spacial score (nSPS) is 12.4. The Morgan fingerprint density at radius 3 is 2.70 bits per heavy atom. The second kappa shape index (κ2) is 13.7. The largest absolute Gasteiger partial charge is 0.405 e. The summed E-state index contributed by atoms with van der Waals surface area (Å²) in [5.41, 5.74) is 6.40. The second-order valence-electron chi connectivity index (χ2n) is 5.13. The van der Waals surface area contributed by atoms with Crippen molar-refractivity contribution >= 4 is 12.6 Å². The zero-order valence-electron chi connectivity index (χ0n) is 14.6. The van der Waals surface area contributed by atoms with Gasteiger partial charge in [-0.05, 0) is 44.6 Å². The minimum absolute atomic E-state index is 0.105. The summed E-state index contributed by atoms with van der Waals surface area (Å²) in [5, 5.41) is 0. The van der Waals surface area contributed by atoms with E-state index in [-0.39, 0.29) is 5.91 Å². The first-order chi connectivity index (χ1) is 11.0. The Balaban J connectivity index is 4.48. The van der Waals surface area contributed by atoms with Gasteiger partial charge in [-0.2, -0.15) is 0 Å². The number of carbonyl (C=O) groups is 1. The zero-order chi connectivity index (χ0) is 17.5. The fourth-order valence-corrected chi connectivity index (χ4v) is 1.96.